The minimum atomic E-state index is -4.30. The number of unbranched alkanes of at least 4 members (excludes halogenated alkanes) is 19. The van der Waals surface area contributed by atoms with Crippen LogP contribution in [0.5, 0.6) is 0 Å². The number of quaternary nitrogens is 1. The summed E-state index contributed by atoms with van der Waals surface area (Å²) in [4.78, 5) is 22.8. The smallest absolute Gasteiger partial charge is 0.472 e. The van der Waals surface area contributed by atoms with Crippen LogP contribution in [0.2, 0.25) is 0 Å². The number of likely N-dealkylation sites (N-methyl/N-ethyl adjacent to an activating group) is 1. The summed E-state index contributed by atoms with van der Waals surface area (Å²) >= 11 is 0. The van der Waals surface area contributed by atoms with Crippen LogP contribution in [0.15, 0.2) is 48.8 Å². The summed E-state index contributed by atoms with van der Waals surface area (Å²) < 4.78 is 34.7. The van der Waals surface area contributed by atoms with Gasteiger partial charge in [-0.3, -0.25) is 13.8 Å². The van der Waals surface area contributed by atoms with Crippen molar-refractivity contribution in [1.82, 2.24) is 0 Å². The van der Waals surface area contributed by atoms with Gasteiger partial charge in [-0.15, -0.1) is 0 Å². The van der Waals surface area contributed by atoms with Gasteiger partial charge in [0, 0.05) is 6.42 Å². The normalized spacial score (nSPS) is 14.2. The Morgan fingerprint density at radius 3 is 1.60 bits per heavy atom. The van der Waals surface area contributed by atoms with E-state index in [1.165, 1.54) is 109 Å². The van der Waals surface area contributed by atoms with E-state index in [4.69, 9.17) is 18.5 Å². The average Bonchev–Trinajstić information content (AvgIpc) is 3.11. The minimum Gasteiger partial charge on any atom is -0.498 e. The molecule has 310 valence electrons. The monoisotopic (exact) mass is 769 g/mol. The summed E-state index contributed by atoms with van der Waals surface area (Å²) in [6, 6.07) is 0. The first kappa shape index (κ1) is 51.3. The standard InChI is InChI=1S/C44H82NO7P/c1-6-8-10-12-14-16-18-20-22-24-26-28-30-32-34-36-39-49-41-43(42-51-53(47,48)50-40-38-45(3,4)5)52-44(46)37-35-33-31-29-27-25-23-21-19-17-15-13-11-9-7-2/h15,17,21,23,27,29,36,39,43H,6-14,16,18-20,22,24-26,28,30-35,37-38,40-42H2,1-5H3/p+1/b17-15-,23-21-,29-27-,39-36-/t43-/m1/s1. The second kappa shape index (κ2) is 37.2. The van der Waals surface area contributed by atoms with E-state index < -0.39 is 13.9 Å². The Morgan fingerprint density at radius 1 is 0.604 bits per heavy atom. The van der Waals surface area contributed by atoms with Gasteiger partial charge in [0.05, 0.1) is 34.0 Å². The average molecular weight is 769 g/mol. The molecule has 0 bridgehead atoms. The van der Waals surface area contributed by atoms with E-state index in [-0.39, 0.29) is 32.2 Å². The van der Waals surface area contributed by atoms with Gasteiger partial charge in [-0.2, -0.15) is 0 Å². The lowest BCUT2D eigenvalue weighted by Crippen LogP contribution is -2.37. The van der Waals surface area contributed by atoms with Crippen molar-refractivity contribution in [2.24, 2.45) is 0 Å². The molecule has 0 rings (SSSR count). The molecule has 0 heterocycles. The zero-order valence-corrected chi connectivity index (χ0v) is 35.9. The first-order valence-electron chi connectivity index (χ1n) is 21.4. The van der Waals surface area contributed by atoms with Crippen molar-refractivity contribution in [2.45, 2.75) is 180 Å². The number of phosphoric acid groups is 1. The predicted octanol–water partition coefficient (Wildman–Crippen LogP) is 12.7. The quantitative estimate of drug-likeness (QED) is 0.0166. The van der Waals surface area contributed by atoms with Crippen molar-refractivity contribution in [2.75, 3.05) is 47.5 Å². The Bertz CT molecular complexity index is 989. The van der Waals surface area contributed by atoms with Crippen LogP contribution in [0.25, 0.3) is 0 Å². The highest BCUT2D eigenvalue weighted by atomic mass is 31.2. The Hall–Kier alpha value is -1.70. The van der Waals surface area contributed by atoms with E-state index in [0.29, 0.717) is 17.4 Å². The predicted molar refractivity (Wildman–Crippen MR) is 224 cm³/mol. The Morgan fingerprint density at radius 2 is 1.06 bits per heavy atom. The van der Waals surface area contributed by atoms with Crippen LogP contribution in [0.4, 0.5) is 0 Å². The summed E-state index contributed by atoms with van der Waals surface area (Å²) in [5.41, 5.74) is 0. The minimum absolute atomic E-state index is 0.0325. The third-order valence-corrected chi connectivity index (χ3v) is 9.94. The van der Waals surface area contributed by atoms with Crippen LogP contribution in [-0.2, 0) is 27.9 Å². The zero-order valence-electron chi connectivity index (χ0n) is 35.0. The van der Waals surface area contributed by atoms with E-state index in [9.17, 15) is 14.3 Å². The third kappa shape index (κ3) is 41.3. The summed E-state index contributed by atoms with van der Waals surface area (Å²) in [7, 11) is 1.61. The molecule has 1 unspecified atom stereocenters. The van der Waals surface area contributed by atoms with Gasteiger partial charge >= 0.3 is 13.8 Å². The fourth-order valence-corrected chi connectivity index (χ4v) is 6.32. The molecule has 1 N–H and O–H groups in total. The number of hydrogen-bond acceptors (Lipinski definition) is 6. The molecule has 0 aliphatic carbocycles. The summed E-state index contributed by atoms with van der Waals surface area (Å²) in [5, 5.41) is 0. The lowest BCUT2D eigenvalue weighted by molar-refractivity contribution is -0.870. The van der Waals surface area contributed by atoms with E-state index in [0.717, 1.165) is 38.5 Å². The number of nitrogens with zero attached hydrogens (tertiary/aromatic N) is 1. The van der Waals surface area contributed by atoms with Crippen LogP contribution in [0.1, 0.15) is 174 Å². The van der Waals surface area contributed by atoms with Gasteiger partial charge in [0.25, 0.3) is 0 Å². The molecular weight excluding hydrogens is 685 g/mol. The Kier molecular flexibility index (Phi) is 36.0. The maximum atomic E-state index is 12.6. The molecule has 53 heavy (non-hydrogen) atoms. The molecule has 0 radical (unpaired) electrons. The first-order chi connectivity index (χ1) is 25.6. The van der Waals surface area contributed by atoms with Gasteiger partial charge in [-0.25, -0.2) is 4.57 Å². The molecule has 2 atom stereocenters. The fourth-order valence-electron chi connectivity index (χ4n) is 5.58. The van der Waals surface area contributed by atoms with Gasteiger partial charge in [-0.1, -0.05) is 147 Å². The Labute approximate surface area is 327 Å². The van der Waals surface area contributed by atoms with Crippen molar-refractivity contribution in [1.29, 1.82) is 0 Å². The fraction of sp³-hybridized carbons (Fsp3) is 0.795. The van der Waals surface area contributed by atoms with Gasteiger partial charge in [-0.05, 0) is 63.9 Å². The highest BCUT2D eigenvalue weighted by Gasteiger charge is 2.26. The second-order valence-corrected chi connectivity index (χ2v) is 16.9. The van der Waals surface area contributed by atoms with Crippen LogP contribution >= 0.6 is 7.82 Å². The molecule has 0 saturated heterocycles. The zero-order chi connectivity index (χ0) is 39.1. The number of rotatable bonds is 39. The van der Waals surface area contributed by atoms with Crippen molar-refractivity contribution in [3.8, 4) is 0 Å². The Balaban J connectivity index is 4.37. The molecule has 0 aromatic rings. The van der Waals surface area contributed by atoms with Crippen LogP contribution < -0.4 is 0 Å². The number of hydrogen-bond donors (Lipinski definition) is 1. The van der Waals surface area contributed by atoms with Crippen LogP contribution in [-0.4, -0.2) is 69.0 Å². The summed E-state index contributed by atoms with van der Waals surface area (Å²) in [6.07, 6.45) is 45.3. The molecule has 9 heteroatoms. The summed E-state index contributed by atoms with van der Waals surface area (Å²) in [6.45, 7) is 4.85. The SMILES string of the molecule is CCCCC/C=C\C/C=C\C/C=C\CCCCC(=O)O[C@H](CO/C=C\CCCCCCCCCCCCCCCC)COP(=O)(O)OCC[N+](C)(C)C. The van der Waals surface area contributed by atoms with E-state index in [2.05, 4.69) is 50.3 Å². The first-order valence-corrected chi connectivity index (χ1v) is 22.9. The van der Waals surface area contributed by atoms with E-state index in [1.54, 1.807) is 6.26 Å². The topological polar surface area (TPSA) is 91.3 Å². The number of carbonyl (C=O) groups excluding carboxylic acids is 1. The molecule has 0 aliphatic heterocycles. The molecule has 0 spiro atoms. The molecule has 0 saturated carbocycles. The lowest BCUT2D eigenvalue weighted by atomic mass is 10.0. The summed E-state index contributed by atoms with van der Waals surface area (Å²) in [5.74, 6) is -0.373. The van der Waals surface area contributed by atoms with Crippen molar-refractivity contribution >= 4 is 13.8 Å². The largest absolute Gasteiger partial charge is 0.498 e. The van der Waals surface area contributed by atoms with Gasteiger partial charge in [0.15, 0.2) is 6.10 Å². The maximum Gasteiger partial charge on any atom is 0.472 e. The van der Waals surface area contributed by atoms with Gasteiger partial charge < -0.3 is 18.9 Å². The van der Waals surface area contributed by atoms with Gasteiger partial charge in [0.2, 0.25) is 0 Å². The van der Waals surface area contributed by atoms with Crippen LogP contribution in [0.3, 0.4) is 0 Å². The molecule has 0 aliphatic rings. The second-order valence-electron chi connectivity index (χ2n) is 15.4. The van der Waals surface area contributed by atoms with Crippen molar-refractivity contribution in [3.05, 3.63) is 48.8 Å². The van der Waals surface area contributed by atoms with Crippen LogP contribution in [0, 0.1) is 0 Å². The highest BCUT2D eigenvalue weighted by Crippen LogP contribution is 2.43. The maximum absolute atomic E-state index is 12.6. The van der Waals surface area contributed by atoms with Crippen molar-refractivity contribution < 1.29 is 37.3 Å². The highest BCUT2D eigenvalue weighted by molar-refractivity contribution is 7.47. The number of phosphoric ester groups is 1. The molecule has 0 aromatic heterocycles. The molecule has 0 fully saturated rings. The van der Waals surface area contributed by atoms with E-state index >= 15 is 0 Å². The molecular formula is C44H83NO7P+. The van der Waals surface area contributed by atoms with E-state index in [1.807, 2.05) is 27.2 Å². The number of carbonyl (C=O) groups is 1. The number of esters is 1. The molecule has 0 amide bonds. The number of allylic oxidation sites excluding steroid dienone is 7. The third-order valence-electron chi connectivity index (χ3n) is 8.96. The lowest BCUT2D eigenvalue weighted by Gasteiger charge is -2.24. The molecule has 8 nitrogen and oxygen atoms in total. The van der Waals surface area contributed by atoms with Crippen molar-refractivity contribution in [3.63, 3.8) is 0 Å². The number of ether oxygens (including phenoxy) is 2. The van der Waals surface area contributed by atoms with Gasteiger partial charge in [0.1, 0.15) is 19.8 Å². The molecule has 0 aromatic carbocycles.